The molecule has 0 aromatic rings. The Morgan fingerprint density at radius 2 is 2.60 bits per heavy atom. The molecule has 1 amide bonds. The summed E-state index contributed by atoms with van der Waals surface area (Å²) in [6.07, 6.45) is 0.588. The summed E-state index contributed by atoms with van der Waals surface area (Å²) in [7, 11) is 1.62. The van der Waals surface area contributed by atoms with Crippen LogP contribution in [0.5, 0.6) is 0 Å². The minimum absolute atomic E-state index is 0.337. The van der Waals surface area contributed by atoms with Gasteiger partial charge in [0.25, 0.3) is 0 Å². The van der Waals surface area contributed by atoms with E-state index < -0.39 is 6.14 Å². The summed E-state index contributed by atoms with van der Waals surface area (Å²) in [6, 6.07) is 0. The van der Waals surface area contributed by atoms with Crippen molar-refractivity contribution in [3.8, 4) is 0 Å². The van der Waals surface area contributed by atoms with Gasteiger partial charge in [0.2, 0.25) is 5.91 Å². The van der Waals surface area contributed by atoms with Gasteiger partial charge in [0.05, 0.1) is 7.51 Å². The Morgan fingerprint density at radius 1 is 2.00 bits per heavy atom. The fourth-order valence-electron chi connectivity index (χ4n) is 0.527. The van der Waals surface area contributed by atoms with Crippen LogP contribution >= 0.6 is 0 Å². The van der Waals surface area contributed by atoms with E-state index in [9.17, 15) is 4.79 Å². The van der Waals surface area contributed by atoms with Gasteiger partial charge in [0, 0.05) is 0 Å². The van der Waals surface area contributed by atoms with Crippen molar-refractivity contribution in [1.82, 2.24) is 10.6 Å². The van der Waals surface area contributed by atoms with Gasteiger partial charge in [-0.25, -0.2) is 0 Å². The maximum Gasteiger partial charge on any atom is 0.244 e. The van der Waals surface area contributed by atoms with Crippen molar-refractivity contribution in [3.63, 3.8) is 0 Å². The van der Waals surface area contributed by atoms with Crippen LogP contribution < -0.4 is 10.6 Å². The van der Waals surface area contributed by atoms with Crippen LogP contribution in [0.3, 0.4) is 0 Å². The van der Waals surface area contributed by atoms with Crippen LogP contribution in [0, 0.1) is 0 Å². The lowest BCUT2D eigenvalue weighted by molar-refractivity contribution is -0.117. The van der Waals surface area contributed by atoms with Crippen LogP contribution in [0.1, 0.15) is 14.7 Å². The number of amides is 1. The third-order valence-electron chi connectivity index (χ3n) is 1.11. The minimum Gasteiger partial charge on any atom is -0.337 e. The van der Waals surface area contributed by atoms with E-state index in [1.807, 2.05) is 6.92 Å². The Balaban J connectivity index is 4.06. The van der Waals surface area contributed by atoms with Crippen molar-refractivity contribution in [1.29, 1.82) is 0 Å². The fourth-order valence-corrected chi connectivity index (χ4v) is 0.527. The van der Waals surface area contributed by atoms with Gasteiger partial charge < -0.3 is 10.6 Å². The highest BCUT2D eigenvalue weighted by molar-refractivity contribution is 5.86. The Kier molecular flexibility index (Phi) is 3.64. The quantitative estimate of drug-likeness (QED) is 0.438. The molecule has 0 radical (unpaired) electrons. The third kappa shape index (κ3) is 3.25. The van der Waals surface area contributed by atoms with Crippen molar-refractivity contribution in [2.24, 2.45) is 0 Å². The first-order chi connectivity index (χ1) is 5.08. The topological polar surface area (TPSA) is 41.1 Å². The largest absolute Gasteiger partial charge is 0.337 e. The normalized spacial score (nSPS) is 16.8. The van der Waals surface area contributed by atoms with E-state index in [2.05, 4.69) is 17.2 Å². The van der Waals surface area contributed by atoms with E-state index in [-0.39, 0.29) is 5.91 Å². The Morgan fingerprint density at radius 3 is 2.90 bits per heavy atom. The minimum atomic E-state index is -1.06. The van der Waals surface area contributed by atoms with Crippen molar-refractivity contribution < 1.29 is 6.17 Å². The van der Waals surface area contributed by atoms with Crippen LogP contribution in [0.25, 0.3) is 0 Å². The second-order valence-corrected chi connectivity index (χ2v) is 1.78. The van der Waals surface area contributed by atoms with Crippen LogP contribution in [0.4, 0.5) is 0 Å². The summed E-state index contributed by atoms with van der Waals surface area (Å²) in [4.78, 5) is 10.8. The summed E-state index contributed by atoms with van der Waals surface area (Å²) < 4.78 is 7.56. The zero-order chi connectivity index (χ0) is 8.91. The molecule has 10 heavy (non-hydrogen) atoms. The SMILES string of the molecule is [3H]C(CC)(NC)NC(=O)C=C. The molecule has 0 spiro atoms. The van der Waals surface area contributed by atoms with Crippen molar-refractivity contribution >= 4 is 5.91 Å². The predicted octanol–water partition coefficient (Wildman–Crippen LogP) is 0.244. The van der Waals surface area contributed by atoms with Gasteiger partial charge in [0.15, 0.2) is 0 Å². The van der Waals surface area contributed by atoms with Gasteiger partial charge in [-0.3, -0.25) is 4.79 Å². The van der Waals surface area contributed by atoms with Crippen LogP contribution in [-0.2, 0) is 4.79 Å². The first-order valence-electron chi connectivity index (χ1n) is 3.71. The molecule has 1 atom stereocenters. The molecule has 58 valence electrons. The Hall–Kier alpha value is -0.830. The Bertz CT molecular complexity index is 155. The van der Waals surface area contributed by atoms with Gasteiger partial charge in [-0.1, -0.05) is 13.5 Å². The maximum absolute atomic E-state index is 10.8. The van der Waals surface area contributed by atoms with E-state index in [0.717, 1.165) is 6.08 Å². The smallest absolute Gasteiger partial charge is 0.244 e. The van der Waals surface area contributed by atoms with Gasteiger partial charge in [0.1, 0.15) is 0 Å². The van der Waals surface area contributed by atoms with E-state index in [1.165, 1.54) is 0 Å². The van der Waals surface area contributed by atoms with Crippen LogP contribution in [-0.4, -0.2) is 19.1 Å². The summed E-state index contributed by atoms with van der Waals surface area (Å²) >= 11 is 0. The molecule has 0 rings (SSSR count). The molecule has 0 saturated heterocycles. The van der Waals surface area contributed by atoms with E-state index >= 15 is 0 Å². The molecule has 0 aliphatic heterocycles. The summed E-state index contributed by atoms with van der Waals surface area (Å²) in [5.41, 5.74) is 0. The number of nitrogens with one attached hydrogen (secondary N) is 2. The standard InChI is InChI=1S/C7H14N2O/c1-4-6(8-3)9-7(10)5-2/h5-6,8H,2,4H2,1,3H3,(H,9,10)/i6T. The molecular weight excluding hydrogens is 128 g/mol. The fraction of sp³-hybridized carbons (Fsp3) is 0.571. The van der Waals surface area contributed by atoms with Gasteiger partial charge in [-0.15, -0.1) is 0 Å². The lowest BCUT2D eigenvalue weighted by Gasteiger charge is -2.13. The van der Waals surface area contributed by atoms with E-state index in [4.69, 9.17) is 1.37 Å². The van der Waals surface area contributed by atoms with Crippen molar-refractivity contribution in [2.75, 3.05) is 7.05 Å². The summed E-state index contributed by atoms with van der Waals surface area (Å²) in [5, 5.41) is 5.12. The van der Waals surface area contributed by atoms with Gasteiger partial charge in [-0.05, 0) is 19.5 Å². The number of hydrogen-bond acceptors (Lipinski definition) is 2. The van der Waals surface area contributed by atoms with E-state index in [0.29, 0.717) is 6.42 Å². The molecule has 0 aliphatic rings. The first-order valence-corrected chi connectivity index (χ1v) is 3.21. The average Bonchev–Trinajstić information content (AvgIpc) is 2.04. The van der Waals surface area contributed by atoms with Crippen LogP contribution in [0.2, 0.25) is 0 Å². The molecular formula is C7H14N2O. The highest BCUT2D eigenvalue weighted by Crippen LogP contribution is 1.83. The molecule has 0 aromatic heterocycles. The molecule has 0 bridgehead atoms. The second-order valence-electron chi connectivity index (χ2n) is 1.78. The summed E-state index contributed by atoms with van der Waals surface area (Å²) in [5.74, 6) is -0.337. The molecule has 3 heteroatoms. The third-order valence-corrected chi connectivity index (χ3v) is 1.11. The maximum atomic E-state index is 10.8. The van der Waals surface area contributed by atoms with Gasteiger partial charge >= 0.3 is 0 Å². The van der Waals surface area contributed by atoms with E-state index in [1.54, 1.807) is 7.05 Å². The van der Waals surface area contributed by atoms with Crippen molar-refractivity contribution in [3.05, 3.63) is 12.7 Å². The number of carbonyl (C=O) groups excluding carboxylic acids is 1. The zero-order valence-electron chi connectivity index (χ0n) is 7.40. The molecule has 3 nitrogen and oxygen atoms in total. The predicted molar refractivity (Wildman–Crippen MR) is 41.5 cm³/mol. The molecule has 0 aromatic carbocycles. The number of hydrogen-bond donors (Lipinski definition) is 2. The highest BCUT2D eigenvalue weighted by Gasteiger charge is 2.02. The second kappa shape index (κ2) is 4.99. The van der Waals surface area contributed by atoms with Crippen molar-refractivity contribution in [2.45, 2.75) is 19.5 Å². The highest BCUT2D eigenvalue weighted by atomic mass is 16.1. The first kappa shape index (κ1) is 7.28. The molecule has 0 fully saturated rings. The molecule has 0 saturated carbocycles. The zero-order valence-corrected chi connectivity index (χ0v) is 6.40. The summed E-state index contributed by atoms with van der Waals surface area (Å²) in [6.45, 7) is 5.10. The molecule has 0 aliphatic carbocycles. The molecule has 1 unspecified atom stereocenters. The lowest BCUT2D eigenvalue weighted by atomic mass is 10.3. The molecule has 2 N–H and O–H groups in total. The molecule has 0 heterocycles. The van der Waals surface area contributed by atoms with Crippen LogP contribution in [0.15, 0.2) is 12.7 Å². The lowest BCUT2D eigenvalue weighted by Crippen LogP contribution is -2.42. The average molecular weight is 144 g/mol. The number of carbonyl (C=O) groups is 1. The Labute approximate surface area is 62.9 Å². The van der Waals surface area contributed by atoms with Gasteiger partial charge in [-0.2, -0.15) is 0 Å². The monoisotopic (exact) mass is 144 g/mol. The number of rotatable bonds is 4.